The van der Waals surface area contributed by atoms with E-state index in [1.807, 2.05) is 12.1 Å². The maximum absolute atomic E-state index is 12.0. The molecule has 3 heterocycles. The van der Waals surface area contributed by atoms with Crippen LogP contribution in [0.15, 0.2) is 16.3 Å². The molecule has 4 rings (SSSR count). The second-order valence-electron chi connectivity index (χ2n) is 6.82. The molecule has 0 radical (unpaired) electrons. The first-order valence-electron chi connectivity index (χ1n) is 8.67. The molecule has 10 heteroatoms. The number of hydrogen-bond acceptors (Lipinski definition) is 9. The second-order valence-corrected chi connectivity index (χ2v) is 9.79. The van der Waals surface area contributed by atoms with Crippen molar-refractivity contribution in [2.24, 2.45) is 0 Å². The van der Waals surface area contributed by atoms with Crippen molar-refractivity contribution < 1.29 is 22.6 Å². The number of fused-ring (bicyclic) bond motifs is 1. The maximum Gasteiger partial charge on any atom is 0.231 e. The Balaban J connectivity index is 1.52. The summed E-state index contributed by atoms with van der Waals surface area (Å²) in [5.41, 5.74) is 1.67. The van der Waals surface area contributed by atoms with E-state index in [1.54, 1.807) is 7.11 Å². The average molecular weight is 412 g/mol. The lowest BCUT2D eigenvalue weighted by molar-refractivity contribution is 0.171. The minimum Gasteiger partial charge on any atom is -0.493 e. The van der Waals surface area contributed by atoms with Crippen LogP contribution in [0.25, 0.3) is 0 Å². The topological polar surface area (TPSA) is 90.9 Å². The number of ether oxygens (including phenoxy) is 3. The number of likely N-dealkylation sites (tertiary alicyclic amines) is 1. The molecule has 0 saturated carbocycles. The van der Waals surface area contributed by atoms with E-state index < -0.39 is 9.84 Å². The Morgan fingerprint density at radius 3 is 3.00 bits per heavy atom. The molecule has 1 saturated heterocycles. The van der Waals surface area contributed by atoms with Crippen molar-refractivity contribution in [2.75, 3.05) is 33.2 Å². The van der Waals surface area contributed by atoms with Crippen molar-refractivity contribution in [3.63, 3.8) is 0 Å². The summed E-state index contributed by atoms with van der Waals surface area (Å²) in [5.74, 6) is 2.07. The van der Waals surface area contributed by atoms with E-state index in [-0.39, 0.29) is 12.7 Å². The summed E-state index contributed by atoms with van der Waals surface area (Å²) in [7, 11) is -1.69. The fourth-order valence-electron chi connectivity index (χ4n) is 3.65. The van der Waals surface area contributed by atoms with E-state index in [0.29, 0.717) is 27.2 Å². The monoisotopic (exact) mass is 411 g/mol. The Morgan fingerprint density at radius 2 is 2.22 bits per heavy atom. The van der Waals surface area contributed by atoms with Gasteiger partial charge in [-0.05, 0) is 37.1 Å². The Labute approximate surface area is 162 Å². The summed E-state index contributed by atoms with van der Waals surface area (Å²) >= 11 is 0.959. The molecule has 0 amide bonds. The smallest absolute Gasteiger partial charge is 0.231 e. The minimum atomic E-state index is -3.30. The van der Waals surface area contributed by atoms with Crippen molar-refractivity contribution in [1.29, 1.82) is 0 Å². The summed E-state index contributed by atoms with van der Waals surface area (Å²) in [5, 5.41) is 4.13. The van der Waals surface area contributed by atoms with Gasteiger partial charge in [-0.15, -0.1) is 5.10 Å². The van der Waals surface area contributed by atoms with Gasteiger partial charge >= 0.3 is 0 Å². The lowest BCUT2D eigenvalue weighted by Gasteiger charge is -2.32. The summed E-state index contributed by atoms with van der Waals surface area (Å²) in [4.78, 5) is 2.30. The van der Waals surface area contributed by atoms with Crippen LogP contribution in [0.5, 0.6) is 17.2 Å². The standard InChI is InChI=1S/C17H21N3O5S2/c1-23-13-6-11(7-14-16(13)25-10-24-14)8-20-5-3-4-12(9-20)15-17(26-19-18-15)27(2,21)22/h6-7,12H,3-5,8-10H2,1-2H3/t12-/m1/s1. The zero-order valence-electron chi connectivity index (χ0n) is 15.2. The molecule has 2 aromatic rings. The number of methoxy groups -OCH3 is 1. The van der Waals surface area contributed by atoms with Crippen LogP contribution in [0.1, 0.15) is 30.0 Å². The number of aromatic nitrogens is 2. The number of hydrogen-bond donors (Lipinski definition) is 0. The van der Waals surface area contributed by atoms with Gasteiger partial charge in [-0.1, -0.05) is 4.49 Å². The number of benzene rings is 1. The van der Waals surface area contributed by atoms with Crippen LogP contribution in [0, 0.1) is 0 Å². The molecule has 1 aromatic heterocycles. The predicted molar refractivity (Wildman–Crippen MR) is 99.4 cm³/mol. The highest BCUT2D eigenvalue weighted by Gasteiger charge is 2.30. The highest BCUT2D eigenvalue weighted by molar-refractivity contribution is 7.92. The molecule has 2 aliphatic rings. The molecule has 27 heavy (non-hydrogen) atoms. The van der Waals surface area contributed by atoms with Crippen LogP contribution in [-0.4, -0.2) is 56.2 Å². The first-order chi connectivity index (χ1) is 13.0. The van der Waals surface area contributed by atoms with E-state index in [2.05, 4.69) is 14.5 Å². The normalized spacial score (nSPS) is 20.0. The van der Waals surface area contributed by atoms with E-state index in [0.717, 1.165) is 49.6 Å². The van der Waals surface area contributed by atoms with Gasteiger partial charge in [-0.3, -0.25) is 4.90 Å². The van der Waals surface area contributed by atoms with Crippen molar-refractivity contribution >= 4 is 21.4 Å². The number of sulfone groups is 1. The van der Waals surface area contributed by atoms with Crippen molar-refractivity contribution in [3.05, 3.63) is 23.4 Å². The van der Waals surface area contributed by atoms with E-state index in [1.165, 1.54) is 6.26 Å². The molecule has 146 valence electrons. The van der Waals surface area contributed by atoms with Crippen molar-refractivity contribution in [1.82, 2.24) is 14.5 Å². The van der Waals surface area contributed by atoms with Gasteiger partial charge in [0.05, 0.1) is 12.8 Å². The Hall–Kier alpha value is -1.91. The quantitative estimate of drug-likeness (QED) is 0.738. The summed E-state index contributed by atoms with van der Waals surface area (Å²) in [6, 6.07) is 3.93. The van der Waals surface area contributed by atoms with Gasteiger partial charge in [-0.25, -0.2) is 8.42 Å². The summed E-state index contributed by atoms with van der Waals surface area (Å²) < 4.78 is 44.5. The third-order valence-electron chi connectivity index (χ3n) is 4.83. The van der Waals surface area contributed by atoms with Crippen LogP contribution < -0.4 is 14.2 Å². The lowest BCUT2D eigenvalue weighted by Crippen LogP contribution is -2.34. The second kappa shape index (κ2) is 7.25. The highest BCUT2D eigenvalue weighted by atomic mass is 32.2. The fraction of sp³-hybridized carbons (Fsp3) is 0.529. The number of piperidine rings is 1. The SMILES string of the molecule is COc1cc(CN2CCC[C@@H](c3nnsc3S(C)(=O)=O)C2)cc2c1OCO2. The zero-order valence-corrected chi connectivity index (χ0v) is 16.8. The molecule has 2 aliphatic heterocycles. The number of rotatable bonds is 5. The molecule has 0 spiro atoms. The van der Waals surface area contributed by atoms with Crippen LogP contribution in [-0.2, 0) is 16.4 Å². The fourth-order valence-corrected chi connectivity index (χ4v) is 5.38. The minimum absolute atomic E-state index is 0.0677. The van der Waals surface area contributed by atoms with Crippen LogP contribution >= 0.6 is 11.5 Å². The summed E-state index contributed by atoms with van der Waals surface area (Å²) in [6.45, 7) is 2.60. The zero-order chi connectivity index (χ0) is 19.0. The van der Waals surface area contributed by atoms with Crippen molar-refractivity contribution in [3.8, 4) is 17.2 Å². The largest absolute Gasteiger partial charge is 0.493 e. The van der Waals surface area contributed by atoms with Crippen LogP contribution in [0.3, 0.4) is 0 Å². The molecule has 1 fully saturated rings. The van der Waals surface area contributed by atoms with Gasteiger partial charge in [-0.2, -0.15) is 0 Å². The van der Waals surface area contributed by atoms with E-state index in [9.17, 15) is 8.42 Å². The first-order valence-corrected chi connectivity index (χ1v) is 11.3. The molecule has 1 atom stereocenters. The predicted octanol–water partition coefficient (Wildman–Crippen LogP) is 2.06. The Kier molecular flexibility index (Phi) is 4.95. The van der Waals surface area contributed by atoms with E-state index in [4.69, 9.17) is 14.2 Å². The van der Waals surface area contributed by atoms with Gasteiger partial charge in [0, 0.05) is 36.8 Å². The van der Waals surface area contributed by atoms with Gasteiger partial charge in [0.1, 0.15) is 0 Å². The summed E-state index contributed by atoms with van der Waals surface area (Å²) in [6.07, 6.45) is 3.10. The van der Waals surface area contributed by atoms with Crippen LogP contribution in [0.4, 0.5) is 0 Å². The molecule has 0 unspecified atom stereocenters. The Bertz CT molecular complexity index is 944. The van der Waals surface area contributed by atoms with Crippen molar-refractivity contribution in [2.45, 2.75) is 29.5 Å². The third-order valence-corrected chi connectivity index (χ3v) is 7.39. The molecular formula is C17H21N3O5S2. The third kappa shape index (κ3) is 3.74. The number of nitrogens with zero attached hydrogens (tertiary/aromatic N) is 3. The van der Waals surface area contributed by atoms with Gasteiger partial charge in [0.2, 0.25) is 12.5 Å². The van der Waals surface area contributed by atoms with Gasteiger partial charge in [0.15, 0.2) is 25.5 Å². The Morgan fingerprint density at radius 1 is 1.37 bits per heavy atom. The van der Waals surface area contributed by atoms with Crippen LogP contribution in [0.2, 0.25) is 0 Å². The lowest BCUT2D eigenvalue weighted by atomic mass is 9.95. The molecule has 1 aromatic carbocycles. The molecule has 0 bridgehead atoms. The molecule has 0 N–H and O–H groups in total. The maximum atomic E-state index is 12.0. The van der Waals surface area contributed by atoms with E-state index >= 15 is 0 Å². The molecular weight excluding hydrogens is 390 g/mol. The highest BCUT2D eigenvalue weighted by Crippen LogP contribution is 2.42. The first kappa shape index (κ1) is 18.5. The average Bonchev–Trinajstić information content (AvgIpc) is 3.30. The van der Waals surface area contributed by atoms with Gasteiger partial charge < -0.3 is 14.2 Å². The van der Waals surface area contributed by atoms with Gasteiger partial charge in [0.25, 0.3) is 0 Å². The molecule has 0 aliphatic carbocycles. The molecule has 8 nitrogen and oxygen atoms in total.